The van der Waals surface area contributed by atoms with Gasteiger partial charge in [-0.25, -0.2) is 0 Å². The molecule has 2 rings (SSSR count). The molecule has 2 fully saturated rings. The van der Waals surface area contributed by atoms with E-state index in [4.69, 9.17) is 14.2 Å². The maximum Gasteiger partial charge on any atom is 0.164 e. The minimum absolute atomic E-state index is 0.221. The van der Waals surface area contributed by atoms with Gasteiger partial charge in [-0.1, -0.05) is 0 Å². The number of ketones is 1. The van der Waals surface area contributed by atoms with Crippen molar-refractivity contribution in [2.24, 2.45) is 0 Å². The molecule has 4 heteroatoms. The van der Waals surface area contributed by atoms with Gasteiger partial charge in [0.1, 0.15) is 5.60 Å². The summed E-state index contributed by atoms with van der Waals surface area (Å²) in [5.74, 6) is 0.221. The van der Waals surface area contributed by atoms with Crippen LogP contribution in [0.1, 0.15) is 38.5 Å². The number of rotatable bonds is 5. The number of methoxy groups -OCH3 is 1. The van der Waals surface area contributed by atoms with Crippen molar-refractivity contribution in [3.8, 4) is 0 Å². The molecule has 2 aliphatic rings. The molecule has 0 aromatic rings. The fourth-order valence-electron chi connectivity index (χ4n) is 2.69. The highest BCUT2D eigenvalue weighted by Crippen LogP contribution is 2.28. The highest BCUT2D eigenvalue weighted by Gasteiger charge is 2.39. The molecule has 17 heavy (non-hydrogen) atoms. The fraction of sp³-hybridized carbons (Fsp3) is 0.923. The Morgan fingerprint density at radius 3 is 2.71 bits per heavy atom. The van der Waals surface area contributed by atoms with E-state index in [1.165, 1.54) is 0 Å². The summed E-state index contributed by atoms with van der Waals surface area (Å²) < 4.78 is 16.3. The number of Topliss-reactive ketones (excluding diaryl/α,β-unsaturated/α-hetero) is 1. The average molecular weight is 242 g/mol. The van der Waals surface area contributed by atoms with Crippen molar-refractivity contribution < 1.29 is 19.0 Å². The molecule has 2 saturated heterocycles. The van der Waals surface area contributed by atoms with Crippen LogP contribution in [-0.4, -0.2) is 44.4 Å². The summed E-state index contributed by atoms with van der Waals surface area (Å²) in [7, 11) is 1.63. The quantitative estimate of drug-likeness (QED) is 0.736. The first kappa shape index (κ1) is 13.0. The number of hydrogen-bond donors (Lipinski definition) is 0. The first-order chi connectivity index (χ1) is 8.27. The molecule has 0 aromatic heterocycles. The molecule has 0 aromatic carbocycles. The Morgan fingerprint density at radius 2 is 2.12 bits per heavy atom. The smallest absolute Gasteiger partial charge is 0.164 e. The zero-order chi connectivity index (χ0) is 12.1. The Balaban J connectivity index is 1.83. The van der Waals surface area contributed by atoms with Crippen molar-refractivity contribution in [2.75, 3.05) is 26.9 Å². The van der Waals surface area contributed by atoms with Crippen LogP contribution >= 0.6 is 0 Å². The van der Waals surface area contributed by atoms with Gasteiger partial charge in [0.15, 0.2) is 5.78 Å². The molecule has 2 aliphatic heterocycles. The molecule has 0 spiro atoms. The second-order valence-electron chi connectivity index (χ2n) is 4.91. The SMILES string of the molecule is COC1(C(=O)CCC2CCCO2)CCOCC1. The van der Waals surface area contributed by atoms with Crippen LogP contribution in [0.3, 0.4) is 0 Å². The molecule has 0 saturated carbocycles. The molecule has 1 unspecified atom stereocenters. The van der Waals surface area contributed by atoms with Gasteiger partial charge in [-0.05, 0) is 19.3 Å². The van der Waals surface area contributed by atoms with E-state index in [9.17, 15) is 4.79 Å². The van der Waals surface area contributed by atoms with Gasteiger partial charge >= 0.3 is 0 Å². The van der Waals surface area contributed by atoms with Crippen molar-refractivity contribution in [1.29, 1.82) is 0 Å². The summed E-state index contributed by atoms with van der Waals surface area (Å²) in [6.07, 6.45) is 5.29. The molecule has 0 bridgehead atoms. The lowest BCUT2D eigenvalue weighted by Gasteiger charge is -2.34. The van der Waals surface area contributed by atoms with Crippen LogP contribution in [0.15, 0.2) is 0 Å². The first-order valence-corrected chi connectivity index (χ1v) is 6.55. The fourth-order valence-corrected chi connectivity index (χ4v) is 2.69. The Labute approximate surface area is 103 Å². The minimum atomic E-state index is -0.586. The lowest BCUT2D eigenvalue weighted by Crippen LogP contribution is -2.45. The third kappa shape index (κ3) is 3.06. The van der Waals surface area contributed by atoms with Gasteiger partial charge in [-0.15, -0.1) is 0 Å². The molecule has 98 valence electrons. The lowest BCUT2D eigenvalue weighted by atomic mass is 9.86. The molecule has 0 radical (unpaired) electrons. The summed E-state index contributed by atoms with van der Waals surface area (Å²) in [6.45, 7) is 2.10. The largest absolute Gasteiger partial charge is 0.381 e. The monoisotopic (exact) mass is 242 g/mol. The van der Waals surface area contributed by atoms with E-state index in [-0.39, 0.29) is 11.9 Å². The predicted octanol–water partition coefficient (Wildman–Crippen LogP) is 1.71. The van der Waals surface area contributed by atoms with Crippen molar-refractivity contribution in [3.05, 3.63) is 0 Å². The van der Waals surface area contributed by atoms with Crippen molar-refractivity contribution in [2.45, 2.75) is 50.2 Å². The summed E-state index contributed by atoms with van der Waals surface area (Å²) >= 11 is 0. The summed E-state index contributed by atoms with van der Waals surface area (Å²) in [5.41, 5.74) is -0.586. The van der Waals surface area contributed by atoms with Gasteiger partial charge in [0.25, 0.3) is 0 Å². The van der Waals surface area contributed by atoms with Gasteiger partial charge in [0.2, 0.25) is 0 Å². The van der Waals surface area contributed by atoms with E-state index in [1.807, 2.05) is 0 Å². The molecule has 0 aliphatic carbocycles. The number of carbonyl (C=O) groups is 1. The van der Waals surface area contributed by atoms with Crippen LogP contribution in [0.4, 0.5) is 0 Å². The summed E-state index contributed by atoms with van der Waals surface area (Å²) in [5, 5.41) is 0. The van der Waals surface area contributed by atoms with E-state index in [0.29, 0.717) is 32.5 Å². The third-order valence-corrected chi connectivity index (χ3v) is 3.92. The van der Waals surface area contributed by atoms with E-state index < -0.39 is 5.60 Å². The van der Waals surface area contributed by atoms with Crippen LogP contribution in [-0.2, 0) is 19.0 Å². The Morgan fingerprint density at radius 1 is 1.35 bits per heavy atom. The second-order valence-corrected chi connectivity index (χ2v) is 4.91. The molecule has 0 N–H and O–H groups in total. The van der Waals surface area contributed by atoms with E-state index in [2.05, 4.69) is 0 Å². The van der Waals surface area contributed by atoms with Gasteiger partial charge in [-0.2, -0.15) is 0 Å². The highest BCUT2D eigenvalue weighted by atomic mass is 16.5. The molecular weight excluding hydrogens is 220 g/mol. The van der Waals surface area contributed by atoms with Gasteiger partial charge < -0.3 is 14.2 Å². The van der Waals surface area contributed by atoms with Gasteiger partial charge in [-0.3, -0.25) is 4.79 Å². The van der Waals surface area contributed by atoms with Gasteiger partial charge in [0.05, 0.1) is 6.10 Å². The normalized spacial score (nSPS) is 28.2. The third-order valence-electron chi connectivity index (χ3n) is 3.92. The summed E-state index contributed by atoms with van der Waals surface area (Å²) in [6, 6.07) is 0. The van der Waals surface area contributed by atoms with Crippen LogP contribution in [0.25, 0.3) is 0 Å². The van der Waals surface area contributed by atoms with E-state index in [0.717, 1.165) is 25.9 Å². The highest BCUT2D eigenvalue weighted by molar-refractivity contribution is 5.87. The van der Waals surface area contributed by atoms with Crippen LogP contribution < -0.4 is 0 Å². The summed E-state index contributed by atoms with van der Waals surface area (Å²) in [4.78, 5) is 12.3. The zero-order valence-corrected chi connectivity index (χ0v) is 10.6. The average Bonchev–Trinajstić information content (AvgIpc) is 2.90. The molecule has 1 atom stereocenters. The Hall–Kier alpha value is -0.450. The van der Waals surface area contributed by atoms with Crippen molar-refractivity contribution >= 4 is 5.78 Å². The van der Waals surface area contributed by atoms with Crippen LogP contribution in [0.5, 0.6) is 0 Å². The van der Waals surface area contributed by atoms with Crippen molar-refractivity contribution in [1.82, 2.24) is 0 Å². The minimum Gasteiger partial charge on any atom is -0.381 e. The Bertz CT molecular complexity index is 252. The van der Waals surface area contributed by atoms with Gasteiger partial charge in [0, 0.05) is 46.2 Å². The zero-order valence-electron chi connectivity index (χ0n) is 10.6. The van der Waals surface area contributed by atoms with Crippen LogP contribution in [0.2, 0.25) is 0 Å². The predicted molar refractivity (Wildman–Crippen MR) is 63.0 cm³/mol. The Kier molecular flexibility index (Phi) is 4.54. The lowest BCUT2D eigenvalue weighted by molar-refractivity contribution is -0.153. The maximum atomic E-state index is 12.3. The number of hydrogen-bond acceptors (Lipinski definition) is 4. The topological polar surface area (TPSA) is 44.8 Å². The van der Waals surface area contributed by atoms with Crippen molar-refractivity contribution in [3.63, 3.8) is 0 Å². The van der Waals surface area contributed by atoms with E-state index >= 15 is 0 Å². The second kappa shape index (κ2) is 5.94. The first-order valence-electron chi connectivity index (χ1n) is 6.55. The molecule has 2 heterocycles. The molecular formula is C13H22O4. The number of ether oxygens (including phenoxy) is 3. The standard InChI is InChI=1S/C13H22O4/c1-15-13(6-9-16-10-7-13)12(14)5-4-11-3-2-8-17-11/h11H,2-10H2,1H3. The number of carbonyl (C=O) groups excluding carboxylic acids is 1. The maximum absolute atomic E-state index is 12.3. The molecule has 4 nitrogen and oxygen atoms in total. The van der Waals surface area contributed by atoms with Crippen LogP contribution in [0, 0.1) is 0 Å². The molecule has 0 amide bonds. The van der Waals surface area contributed by atoms with E-state index in [1.54, 1.807) is 7.11 Å².